The van der Waals surface area contributed by atoms with Crippen molar-refractivity contribution in [3.05, 3.63) is 28.8 Å². The zero-order chi connectivity index (χ0) is 18.4. The zero-order valence-electron chi connectivity index (χ0n) is 14.7. The number of carbonyl (C=O) groups is 1. The van der Waals surface area contributed by atoms with E-state index in [1.165, 1.54) is 10.4 Å². The predicted octanol–water partition coefficient (Wildman–Crippen LogP) is 1.10. The van der Waals surface area contributed by atoms with Gasteiger partial charge in [-0.3, -0.25) is 4.90 Å². The van der Waals surface area contributed by atoms with E-state index in [-0.39, 0.29) is 22.6 Å². The summed E-state index contributed by atoms with van der Waals surface area (Å²) in [5.41, 5.74) is 1.28. The summed E-state index contributed by atoms with van der Waals surface area (Å²) in [7, 11) is -1.76. The Morgan fingerprint density at radius 1 is 1.28 bits per heavy atom. The number of carboxylic acids is 1. The number of aryl methyl sites for hydroxylation is 1. The van der Waals surface area contributed by atoms with E-state index in [2.05, 4.69) is 4.90 Å². The average Bonchev–Trinajstić information content (AvgIpc) is 2.56. The van der Waals surface area contributed by atoms with Crippen molar-refractivity contribution >= 4 is 16.0 Å². The molecule has 1 aromatic carbocycles. The molecule has 2 aliphatic rings. The lowest BCUT2D eigenvalue weighted by molar-refractivity contribution is -0.0840. The van der Waals surface area contributed by atoms with Crippen LogP contribution in [0.2, 0.25) is 0 Å². The number of likely N-dealkylation sites (N-methyl/N-ethyl adjacent to an activating group) is 1. The maximum atomic E-state index is 13.1. The second-order valence-corrected chi connectivity index (χ2v) is 8.76. The molecule has 2 unspecified atom stereocenters. The number of carboxylic acid groups (broad SMARTS) is 1. The Labute approximate surface area is 148 Å². The monoisotopic (exact) mass is 368 g/mol. The fourth-order valence-electron chi connectivity index (χ4n) is 3.58. The third-order valence-corrected chi connectivity index (χ3v) is 7.18. The summed E-state index contributed by atoms with van der Waals surface area (Å²) in [6.45, 7) is 5.61. The highest BCUT2D eigenvalue weighted by Crippen LogP contribution is 2.28. The van der Waals surface area contributed by atoms with Crippen LogP contribution in [0, 0.1) is 13.8 Å². The van der Waals surface area contributed by atoms with E-state index in [1.54, 1.807) is 19.9 Å². The Morgan fingerprint density at radius 2 is 2.00 bits per heavy atom. The summed E-state index contributed by atoms with van der Waals surface area (Å²) in [6, 6.07) is 2.86. The molecule has 3 rings (SSSR count). The van der Waals surface area contributed by atoms with Crippen molar-refractivity contribution in [1.29, 1.82) is 0 Å². The standard InChI is InChI=1S/C17H24N2O5S/c1-11-8-13(9-14(12(11)2)17(20)21)25(22,23)19-5-4-16-15(10-19)18(3)6-7-24-16/h8-9,15-16H,4-7,10H2,1-3H3,(H,20,21). The SMILES string of the molecule is Cc1cc(S(=O)(=O)N2CCC3OCCN(C)C3C2)cc(C(=O)O)c1C. The number of piperidine rings is 1. The zero-order valence-corrected chi connectivity index (χ0v) is 15.5. The number of morpholine rings is 1. The van der Waals surface area contributed by atoms with Gasteiger partial charge in [-0.1, -0.05) is 0 Å². The van der Waals surface area contributed by atoms with Crippen LogP contribution in [0.15, 0.2) is 17.0 Å². The topological polar surface area (TPSA) is 87.2 Å². The fraction of sp³-hybridized carbons (Fsp3) is 0.588. The van der Waals surface area contributed by atoms with Gasteiger partial charge >= 0.3 is 5.97 Å². The van der Waals surface area contributed by atoms with Crippen LogP contribution in [0.4, 0.5) is 0 Å². The van der Waals surface area contributed by atoms with Crippen molar-refractivity contribution < 1.29 is 23.1 Å². The molecule has 138 valence electrons. The second kappa shape index (κ2) is 6.68. The Hall–Kier alpha value is -1.48. The number of benzene rings is 1. The van der Waals surface area contributed by atoms with Gasteiger partial charge in [0, 0.05) is 25.7 Å². The quantitative estimate of drug-likeness (QED) is 0.860. The number of rotatable bonds is 3. The summed E-state index contributed by atoms with van der Waals surface area (Å²) >= 11 is 0. The molecular weight excluding hydrogens is 344 g/mol. The molecule has 0 aromatic heterocycles. The van der Waals surface area contributed by atoms with Gasteiger partial charge in [0.15, 0.2) is 0 Å². The minimum Gasteiger partial charge on any atom is -0.478 e. The smallest absolute Gasteiger partial charge is 0.336 e. The number of nitrogens with zero attached hydrogens (tertiary/aromatic N) is 2. The van der Waals surface area contributed by atoms with Gasteiger partial charge in [0.1, 0.15) is 0 Å². The minimum absolute atomic E-state index is 0.0303. The first-order valence-corrected chi connectivity index (χ1v) is 9.82. The van der Waals surface area contributed by atoms with Gasteiger partial charge in [0.25, 0.3) is 0 Å². The lowest BCUT2D eigenvalue weighted by Crippen LogP contribution is -2.59. The third kappa shape index (κ3) is 3.31. The molecule has 0 saturated carbocycles. The summed E-state index contributed by atoms with van der Waals surface area (Å²) < 4.78 is 33.4. The summed E-state index contributed by atoms with van der Waals surface area (Å²) in [5.74, 6) is -1.11. The third-order valence-electron chi connectivity index (χ3n) is 5.33. The molecule has 1 N–H and O–H groups in total. The lowest BCUT2D eigenvalue weighted by Gasteiger charge is -2.45. The molecule has 25 heavy (non-hydrogen) atoms. The summed E-state index contributed by atoms with van der Waals surface area (Å²) in [4.78, 5) is 13.6. The predicted molar refractivity (Wildman–Crippen MR) is 92.4 cm³/mol. The van der Waals surface area contributed by atoms with Gasteiger partial charge in [-0.2, -0.15) is 4.31 Å². The molecule has 0 aliphatic carbocycles. The highest BCUT2D eigenvalue weighted by molar-refractivity contribution is 7.89. The second-order valence-electron chi connectivity index (χ2n) is 6.83. The molecule has 2 saturated heterocycles. The van der Waals surface area contributed by atoms with E-state index >= 15 is 0 Å². The van der Waals surface area contributed by atoms with Crippen molar-refractivity contribution in [2.45, 2.75) is 37.3 Å². The van der Waals surface area contributed by atoms with Crippen LogP contribution in [0.5, 0.6) is 0 Å². The number of aromatic carboxylic acids is 1. The van der Waals surface area contributed by atoms with Crippen LogP contribution < -0.4 is 0 Å². The van der Waals surface area contributed by atoms with Gasteiger partial charge in [-0.15, -0.1) is 0 Å². The van der Waals surface area contributed by atoms with Crippen molar-refractivity contribution in [3.8, 4) is 0 Å². The normalized spacial score (nSPS) is 25.6. The summed E-state index contributed by atoms with van der Waals surface area (Å²) in [6.07, 6.45) is 0.699. The molecule has 0 spiro atoms. The molecule has 0 amide bonds. The molecule has 2 fully saturated rings. The van der Waals surface area contributed by atoms with Crippen LogP contribution in [0.3, 0.4) is 0 Å². The molecule has 0 radical (unpaired) electrons. The Balaban J connectivity index is 1.93. The van der Waals surface area contributed by atoms with Crippen molar-refractivity contribution in [1.82, 2.24) is 9.21 Å². The number of hydrogen-bond acceptors (Lipinski definition) is 5. The summed E-state index contributed by atoms with van der Waals surface area (Å²) in [5, 5.41) is 9.35. The molecule has 1 aromatic rings. The fourth-order valence-corrected chi connectivity index (χ4v) is 5.16. The number of ether oxygens (including phenoxy) is 1. The van der Waals surface area contributed by atoms with Crippen LogP contribution in [0.1, 0.15) is 27.9 Å². The maximum absolute atomic E-state index is 13.1. The van der Waals surface area contributed by atoms with E-state index in [0.29, 0.717) is 37.2 Å². The Kier molecular flexibility index (Phi) is 4.89. The van der Waals surface area contributed by atoms with Crippen LogP contribution in [-0.2, 0) is 14.8 Å². The van der Waals surface area contributed by atoms with Gasteiger partial charge in [0.2, 0.25) is 10.0 Å². The van der Waals surface area contributed by atoms with E-state index in [1.807, 2.05) is 7.05 Å². The Morgan fingerprint density at radius 3 is 2.68 bits per heavy atom. The highest BCUT2D eigenvalue weighted by Gasteiger charge is 2.40. The molecular formula is C17H24N2O5S. The first kappa shape index (κ1) is 18.3. The van der Waals surface area contributed by atoms with E-state index in [0.717, 1.165) is 6.54 Å². The highest BCUT2D eigenvalue weighted by atomic mass is 32.2. The molecule has 7 nitrogen and oxygen atoms in total. The van der Waals surface area contributed by atoms with Crippen molar-refractivity contribution in [2.75, 3.05) is 33.3 Å². The van der Waals surface area contributed by atoms with Crippen LogP contribution in [0.25, 0.3) is 0 Å². The molecule has 8 heteroatoms. The van der Waals surface area contributed by atoms with E-state index < -0.39 is 16.0 Å². The molecule has 0 bridgehead atoms. The first-order chi connectivity index (χ1) is 11.7. The number of sulfonamides is 1. The molecule has 2 atom stereocenters. The Bertz CT molecular complexity index is 792. The maximum Gasteiger partial charge on any atom is 0.336 e. The van der Waals surface area contributed by atoms with Gasteiger partial charge in [-0.25, -0.2) is 13.2 Å². The minimum atomic E-state index is -3.74. The van der Waals surface area contributed by atoms with Gasteiger partial charge < -0.3 is 9.84 Å². The van der Waals surface area contributed by atoms with E-state index in [4.69, 9.17) is 4.74 Å². The van der Waals surface area contributed by atoms with Crippen molar-refractivity contribution in [2.24, 2.45) is 0 Å². The van der Waals surface area contributed by atoms with E-state index in [9.17, 15) is 18.3 Å². The molecule has 2 aliphatic heterocycles. The largest absolute Gasteiger partial charge is 0.478 e. The van der Waals surface area contributed by atoms with Crippen LogP contribution >= 0.6 is 0 Å². The number of hydrogen-bond donors (Lipinski definition) is 1. The first-order valence-electron chi connectivity index (χ1n) is 8.38. The lowest BCUT2D eigenvalue weighted by atomic mass is 10.0. The average molecular weight is 368 g/mol. The molecule has 2 heterocycles. The number of fused-ring (bicyclic) bond motifs is 1. The van der Waals surface area contributed by atoms with Crippen LogP contribution in [-0.4, -0.2) is 74.1 Å². The van der Waals surface area contributed by atoms with Gasteiger partial charge in [-0.05, 0) is 50.6 Å². The van der Waals surface area contributed by atoms with Gasteiger partial charge in [0.05, 0.1) is 23.2 Å². The van der Waals surface area contributed by atoms with Crippen molar-refractivity contribution in [3.63, 3.8) is 0 Å².